The van der Waals surface area contributed by atoms with Crippen molar-refractivity contribution in [3.05, 3.63) is 105 Å². The van der Waals surface area contributed by atoms with Crippen molar-refractivity contribution in [2.75, 3.05) is 132 Å². The zero-order valence-corrected chi connectivity index (χ0v) is 35.5. The summed E-state index contributed by atoms with van der Waals surface area (Å²) in [6.45, 7) is 7.60. The van der Waals surface area contributed by atoms with E-state index >= 15 is 0 Å². The number of aromatic hydroxyl groups is 2. The summed E-state index contributed by atoms with van der Waals surface area (Å²) < 4.78 is 71.9. The van der Waals surface area contributed by atoms with E-state index in [0.29, 0.717) is 190 Å². The number of ether oxygens (including phenoxy) is 12. The minimum atomic E-state index is 0.157. The van der Waals surface area contributed by atoms with Gasteiger partial charge >= 0.3 is 0 Å². The van der Waals surface area contributed by atoms with Crippen LogP contribution >= 0.6 is 0 Å². The van der Waals surface area contributed by atoms with Gasteiger partial charge in [-0.1, -0.05) is 36.4 Å². The third-order valence-corrected chi connectivity index (χ3v) is 10.5. The first-order chi connectivity index (χ1) is 30.6. The highest BCUT2D eigenvalue weighted by molar-refractivity contribution is 5.58. The Kier molecular flexibility index (Phi) is 18.2. The van der Waals surface area contributed by atoms with Gasteiger partial charge < -0.3 is 67.1 Å². The van der Waals surface area contributed by atoms with Crippen LogP contribution < -0.4 is 18.9 Å². The van der Waals surface area contributed by atoms with Crippen molar-refractivity contribution in [1.29, 1.82) is 0 Å². The van der Waals surface area contributed by atoms with Gasteiger partial charge in [0.1, 0.15) is 60.9 Å². The first-order valence-electron chi connectivity index (χ1n) is 21.7. The SMILES string of the molecule is Oc1c2cc3cc1Cc1cccc4c1OCCOCCOCCOCCOCCOc1c(cccc1Cc1cc(cc(c1O)C4)OCCOCCOCCOCCOCCO3)C2. The van der Waals surface area contributed by atoms with Crippen molar-refractivity contribution in [3.8, 4) is 34.5 Å². The summed E-state index contributed by atoms with van der Waals surface area (Å²) in [5, 5.41) is 24.2. The van der Waals surface area contributed by atoms with Crippen LogP contribution in [0.4, 0.5) is 0 Å². The third kappa shape index (κ3) is 13.7. The Hall–Kier alpha value is -4.64. The molecule has 0 saturated heterocycles. The molecule has 0 aromatic heterocycles. The molecule has 0 radical (unpaired) electrons. The number of para-hydroxylation sites is 2. The Morgan fingerprint density at radius 3 is 0.758 bits per heavy atom. The highest BCUT2D eigenvalue weighted by Crippen LogP contribution is 2.40. The molecule has 3 aliphatic rings. The van der Waals surface area contributed by atoms with Crippen LogP contribution in [0.5, 0.6) is 34.5 Å². The molecule has 0 fully saturated rings. The van der Waals surface area contributed by atoms with Crippen LogP contribution in [0.2, 0.25) is 0 Å². The summed E-state index contributed by atoms with van der Waals surface area (Å²) in [5.41, 5.74) is 6.05. The van der Waals surface area contributed by atoms with Gasteiger partial charge in [-0.15, -0.1) is 0 Å². The summed E-state index contributed by atoms with van der Waals surface area (Å²) in [4.78, 5) is 0. The van der Waals surface area contributed by atoms with Crippen molar-refractivity contribution in [2.45, 2.75) is 25.7 Å². The number of rotatable bonds is 0. The lowest BCUT2D eigenvalue weighted by molar-refractivity contribution is -0.00706. The number of benzene rings is 4. The van der Waals surface area contributed by atoms with E-state index < -0.39 is 0 Å². The van der Waals surface area contributed by atoms with Gasteiger partial charge in [-0.2, -0.15) is 0 Å². The van der Waals surface area contributed by atoms with E-state index in [1.807, 2.05) is 60.7 Å². The quantitative estimate of drug-likeness (QED) is 0.203. The van der Waals surface area contributed by atoms with Crippen molar-refractivity contribution in [1.82, 2.24) is 0 Å². The van der Waals surface area contributed by atoms with Crippen molar-refractivity contribution < 1.29 is 67.1 Å². The van der Waals surface area contributed by atoms with Gasteiger partial charge in [0.05, 0.1) is 106 Å². The lowest BCUT2D eigenvalue weighted by Gasteiger charge is -2.22. The average molecular weight is 861 g/mol. The second-order valence-corrected chi connectivity index (χ2v) is 15.0. The maximum atomic E-state index is 12.1. The van der Waals surface area contributed by atoms with E-state index in [1.54, 1.807) is 0 Å². The first kappa shape index (κ1) is 45.4. The zero-order valence-electron chi connectivity index (χ0n) is 35.5. The first-order valence-corrected chi connectivity index (χ1v) is 21.7. The predicted molar refractivity (Wildman–Crippen MR) is 229 cm³/mol. The number of phenolic OH excluding ortho intramolecular Hbond substituents is 2. The highest BCUT2D eigenvalue weighted by Gasteiger charge is 2.22. The molecule has 0 saturated carbocycles. The second kappa shape index (κ2) is 24.9. The maximum absolute atomic E-state index is 12.1. The molecule has 2 aliphatic heterocycles. The zero-order chi connectivity index (χ0) is 42.6. The van der Waals surface area contributed by atoms with E-state index in [2.05, 4.69) is 0 Å². The minimum absolute atomic E-state index is 0.157. The number of fused-ring (bicyclic) bond motifs is 3. The molecule has 0 atom stereocenters. The van der Waals surface area contributed by atoms with Gasteiger partial charge in [-0.25, -0.2) is 0 Å². The molecule has 7 rings (SSSR count). The predicted octanol–water partition coefficient (Wildman–Crippen LogP) is 5.45. The van der Waals surface area contributed by atoms with E-state index in [9.17, 15) is 10.2 Å². The number of hydrogen-bond acceptors (Lipinski definition) is 14. The second-order valence-electron chi connectivity index (χ2n) is 15.0. The van der Waals surface area contributed by atoms with Crippen LogP contribution in [0, 0.1) is 0 Å². The Balaban J connectivity index is 1.33. The summed E-state index contributed by atoms with van der Waals surface area (Å²) in [5.74, 6) is 2.80. The molecule has 0 amide bonds. The van der Waals surface area contributed by atoms with E-state index in [-0.39, 0.29) is 24.7 Å². The summed E-state index contributed by atoms with van der Waals surface area (Å²) in [6.07, 6.45) is 1.31. The molecule has 0 spiro atoms. The molecule has 4 aromatic rings. The molecule has 2 N–H and O–H groups in total. The molecule has 62 heavy (non-hydrogen) atoms. The molecule has 0 unspecified atom stereocenters. The molecular formula is C48H60O14. The van der Waals surface area contributed by atoms with Crippen LogP contribution in [0.3, 0.4) is 0 Å². The van der Waals surface area contributed by atoms with Gasteiger partial charge in [0, 0.05) is 47.9 Å². The summed E-state index contributed by atoms with van der Waals surface area (Å²) >= 11 is 0. The van der Waals surface area contributed by atoms with Crippen LogP contribution in [0.1, 0.15) is 44.5 Å². The van der Waals surface area contributed by atoms with Gasteiger partial charge in [0.15, 0.2) is 0 Å². The molecule has 14 heteroatoms. The monoisotopic (exact) mass is 860 g/mol. The van der Waals surface area contributed by atoms with Crippen molar-refractivity contribution in [2.24, 2.45) is 0 Å². The maximum Gasteiger partial charge on any atom is 0.126 e. The highest BCUT2D eigenvalue weighted by atomic mass is 16.6. The standard InChI is InChI=1S/C48H60O14/c49-45-39-27-35-3-1-4-36-28-40-32-44-34-42(46(40)50)30-38-6-2-5-37(48(38)62-26-22-58-18-14-54-10-9-53-13-17-57-21-25-61-47(35)36)29-41(45)33-43(31-39)59-23-19-55-15-11-51-7-8-52-12-16-56-20-24-60-44/h1-6,31-34,49-50H,7-30H2. The summed E-state index contributed by atoms with van der Waals surface area (Å²) in [7, 11) is 0. The van der Waals surface area contributed by atoms with Crippen LogP contribution in [0.25, 0.3) is 0 Å². The van der Waals surface area contributed by atoms with Crippen molar-refractivity contribution in [3.63, 3.8) is 0 Å². The van der Waals surface area contributed by atoms with Crippen LogP contribution in [0.15, 0.2) is 60.7 Å². The fourth-order valence-electron chi connectivity index (χ4n) is 7.55. The topological polar surface area (TPSA) is 151 Å². The van der Waals surface area contributed by atoms with Gasteiger partial charge in [-0.3, -0.25) is 0 Å². The lowest BCUT2D eigenvalue weighted by atomic mass is 9.91. The Morgan fingerprint density at radius 2 is 0.500 bits per heavy atom. The Bertz CT molecular complexity index is 1750. The van der Waals surface area contributed by atoms with E-state index in [0.717, 1.165) is 22.3 Å². The van der Waals surface area contributed by atoms with Gasteiger partial charge in [0.25, 0.3) is 0 Å². The average Bonchev–Trinajstić information content (AvgIpc) is 3.26. The normalized spacial score (nSPS) is 18.8. The largest absolute Gasteiger partial charge is 0.507 e. The van der Waals surface area contributed by atoms with Crippen LogP contribution in [-0.4, -0.2) is 142 Å². The Labute approximate surface area is 363 Å². The minimum Gasteiger partial charge on any atom is -0.507 e. The molecule has 4 aromatic carbocycles. The van der Waals surface area contributed by atoms with E-state index in [4.69, 9.17) is 56.8 Å². The lowest BCUT2D eigenvalue weighted by Crippen LogP contribution is -2.15. The Morgan fingerprint density at radius 1 is 0.274 bits per heavy atom. The van der Waals surface area contributed by atoms with Crippen LogP contribution in [-0.2, 0) is 63.6 Å². The fraction of sp³-hybridized carbons (Fsp3) is 0.500. The number of phenols is 2. The van der Waals surface area contributed by atoms with Gasteiger partial charge in [0.2, 0.25) is 0 Å². The third-order valence-electron chi connectivity index (χ3n) is 10.5. The van der Waals surface area contributed by atoms with E-state index in [1.165, 1.54) is 0 Å². The fourth-order valence-corrected chi connectivity index (χ4v) is 7.55. The molecule has 1 aliphatic carbocycles. The molecule has 12 bridgehead atoms. The molecule has 336 valence electrons. The number of hydrogen-bond donors (Lipinski definition) is 2. The summed E-state index contributed by atoms with van der Waals surface area (Å²) in [6, 6.07) is 19.4. The molecular weight excluding hydrogens is 801 g/mol. The molecule has 14 nitrogen and oxygen atoms in total. The van der Waals surface area contributed by atoms with Gasteiger partial charge in [-0.05, 0) is 46.5 Å². The van der Waals surface area contributed by atoms with Crippen molar-refractivity contribution >= 4 is 0 Å². The smallest absolute Gasteiger partial charge is 0.126 e. The molecule has 2 heterocycles.